The lowest BCUT2D eigenvalue weighted by Crippen LogP contribution is -1.94. The highest BCUT2D eigenvalue weighted by molar-refractivity contribution is 7.85. The van der Waals surface area contributed by atoms with Gasteiger partial charge in [0, 0.05) is 4.90 Å². The summed E-state index contributed by atoms with van der Waals surface area (Å²) in [5.74, 6) is 0. The van der Waals surface area contributed by atoms with Gasteiger partial charge in [-0.25, -0.2) is 4.21 Å². The lowest BCUT2D eigenvalue weighted by atomic mass is 10.2. The van der Waals surface area contributed by atoms with Crippen LogP contribution in [-0.2, 0) is 10.8 Å². The minimum Gasteiger partial charge on any atom is -0.249 e. The van der Waals surface area contributed by atoms with Crippen molar-refractivity contribution in [1.82, 2.24) is 0 Å². The van der Waals surface area contributed by atoms with Crippen LogP contribution >= 0.6 is 0 Å². The molecule has 0 spiro atoms. The second-order valence-electron chi connectivity index (χ2n) is 3.32. The standard InChI is InChI=1S/C14H12OS/c1-2-12-8-6-7-11-14(12)16(15)13-9-4-3-5-10-13/h2-11H,1H2. The SMILES string of the molecule is C=Cc1ccccc1S(=O)c1ccccc1. The molecule has 0 heterocycles. The summed E-state index contributed by atoms with van der Waals surface area (Å²) >= 11 is 0. The fraction of sp³-hybridized carbons (Fsp3) is 0. The summed E-state index contributed by atoms with van der Waals surface area (Å²) < 4.78 is 12.3. The van der Waals surface area contributed by atoms with Crippen molar-refractivity contribution < 1.29 is 4.21 Å². The number of hydrogen-bond acceptors (Lipinski definition) is 1. The number of rotatable bonds is 3. The van der Waals surface area contributed by atoms with E-state index in [1.165, 1.54) is 0 Å². The van der Waals surface area contributed by atoms with E-state index in [-0.39, 0.29) is 0 Å². The Morgan fingerprint density at radius 2 is 1.56 bits per heavy atom. The average Bonchev–Trinajstić information content (AvgIpc) is 2.39. The zero-order valence-corrected chi connectivity index (χ0v) is 9.61. The summed E-state index contributed by atoms with van der Waals surface area (Å²) in [6.45, 7) is 3.73. The molecule has 0 aliphatic heterocycles. The van der Waals surface area contributed by atoms with Crippen molar-refractivity contribution in [2.75, 3.05) is 0 Å². The van der Waals surface area contributed by atoms with Crippen LogP contribution in [0.5, 0.6) is 0 Å². The molecule has 2 aromatic carbocycles. The maximum absolute atomic E-state index is 12.3. The van der Waals surface area contributed by atoms with Crippen LogP contribution in [0.3, 0.4) is 0 Å². The van der Waals surface area contributed by atoms with Crippen molar-refractivity contribution in [3.8, 4) is 0 Å². The van der Waals surface area contributed by atoms with Gasteiger partial charge in [0.15, 0.2) is 0 Å². The van der Waals surface area contributed by atoms with Gasteiger partial charge < -0.3 is 0 Å². The minimum absolute atomic E-state index is 0.809. The van der Waals surface area contributed by atoms with E-state index < -0.39 is 10.8 Å². The molecular formula is C14H12OS. The molecule has 16 heavy (non-hydrogen) atoms. The fourth-order valence-corrected chi connectivity index (χ4v) is 2.71. The van der Waals surface area contributed by atoms with Crippen LogP contribution in [-0.4, -0.2) is 4.21 Å². The Hall–Kier alpha value is -1.67. The van der Waals surface area contributed by atoms with Gasteiger partial charge in [0.1, 0.15) is 0 Å². The van der Waals surface area contributed by atoms with Crippen molar-refractivity contribution >= 4 is 16.9 Å². The molecule has 0 saturated heterocycles. The molecule has 2 heteroatoms. The largest absolute Gasteiger partial charge is 0.249 e. The van der Waals surface area contributed by atoms with E-state index in [0.717, 1.165) is 15.4 Å². The molecule has 1 nitrogen and oxygen atoms in total. The van der Waals surface area contributed by atoms with E-state index in [1.807, 2.05) is 54.6 Å². The number of hydrogen-bond donors (Lipinski definition) is 0. The smallest absolute Gasteiger partial charge is 0.0855 e. The average molecular weight is 228 g/mol. The molecule has 2 aromatic rings. The Labute approximate surface area is 97.9 Å². The van der Waals surface area contributed by atoms with E-state index in [4.69, 9.17) is 0 Å². The van der Waals surface area contributed by atoms with Crippen LogP contribution in [0.25, 0.3) is 6.08 Å². The summed E-state index contributed by atoms with van der Waals surface area (Å²) in [4.78, 5) is 1.63. The van der Waals surface area contributed by atoms with Gasteiger partial charge in [0.25, 0.3) is 0 Å². The third kappa shape index (κ3) is 2.12. The van der Waals surface area contributed by atoms with Gasteiger partial charge in [-0.3, -0.25) is 0 Å². The first-order valence-electron chi connectivity index (χ1n) is 5.01. The predicted molar refractivity (Wildman–Crippen MR) is 67.6 cm³/mol. The zero-order valence-electron chi connectivity index (χ0n) is 8.80. The van der Waals surface area contributed by atoms with E-state index in [2.05, 4.69) is 6.58 Å². The molecule has 0 fully saturated rings. The summed E-state index contributed by atoms with van der Waals surface area (Å²) in [6.07, 6.45) is 1.73. The number of benzene rings is 2. The van der Waals surface area contributed by atoms with Gasteiger partial charge in [-0.1, -0.05) is 49.1 Å². The van der Waals surface area contributed by atoms with E-state index in [0.29, 0.717) is 0 Å². The fourth-order valence-electron chi connectivity index (χ4n) is 1.49. The van der Waals surface area contributed by atoms with Crippen molar-refractivity contribution in [2.24, 2.45) is 0 Å². The molecule has 0 aromatic heterocycles. The molecule has 0 bridgehead atoms. The van der Waals surface area contributed by atoms with Crippen LogP contribution in [0, 0.1) is 0 Å². The third-order valence-corrected chi connectivity index (χ3v) is 3.77. The second kappa shape index (κ2) is 4.90. The molecule has 80 valence electrons. The lowest BCUT2D eigenvalue weighted by molar-refractivity contribution is 0.683. The van der Waals surface area contributed by atoms with Gasteiger partial charge >= 0.3 is 0 Å². The Kier molecular flexibility index (Phi) is 3.32. The van der Waals surface area contributed by atoms with Crippen LogP contribution in [0.4, 0.5) is 0 Å². The van der Waals surface area contributed by atoms with Gasteiger partial charge in [-0.15, -0.1) is 0 Å². The highest BCUT2D eigenvalue weighted by Gasteiger charge is 2.08. The van der Waals surface area contributed by atoms with Crippen molar-refractivity contribution in [2.45, 2.75) is 9.79 Å². The maximum atomic E-state index is 12.3. The Morgan fingerprint density at radius 1 is 0.938 bits per heavy atom. The Morgan fingerprint density at radius 3 is 2.25 bits per heavy atom. The molecule has 0 N–H and O–H groups in total. The van der Waals surface area contributed by atoms with Crippen LogP contribution in [0.2, 0.25) is 0 Å². The Bertz CT molecular complexity index is 517. The summed E-state index contributed by atoms with van der Waals surface area (Å²) in [5, 5.41) is 0. The zero-order chi connectivity index (χ0) is 11.4. The van der Waals surface area contributed by atoms with Gasteiger partial charge in [0.2, 0.25) is 0 Å². The molecule has 2 rings (SSSR count). The maximum Gasteiger partial charge on any atom is 0.0855 e. The summed E-state index contributed by atoms with van der Waals surface area (Å²) in [6, 6.07) is 17.1. The third-order valence-electron chi connectivity index (χ3n) is 2.30. The van der Waals surface area contributed by atoms with Gasteiger partial charge in [-0.05, 0) is 23.8 Å². The highest BCUT2D eigenvalue weighted by atomic mass is 32.2. The van der Waals surface area contributed by atoms with Crippen molar-refractivity contribution in [3.05, 3.63) is 66.7 Å². The topological polar surface area (TPSA) is 17.1 Å². The van der Waals surface area contributed by atoms with Gasteiger partial charge in [0.05, 0.1) is 15.7 Å². The normalized spacial score (nSPS) is 12.0. The van der Waals surface area contributed by atoms with E-state index >= 15 is 0 Å². The van der Waals surface area contributed by atoms with Crippen LogP contribution in [0.1, 0.15) is 5.56 Å². The minimum atomic E-state index is -1.13. The summed E-state index contributed by atoms with van der Waals surface area (Å²) in [7, 11) is -1.13. The first-order chi connectivity index (χ1) is 7.83. The predicted octanol–water partition coefficient (Wildman–Crippen LogP) is 3.50. The molecule has 0 saturated carbocycles. The summed E-state index contributed by atoms with van der Waals surface area (Å²) in [5.41, 5.74) is 0.921. The highest BCUT2D eigenvalue weighted by Crippen LogP contribution is 2.20. The molecule has 1 atom stereocenters. The first kappa shape index (κ1) is 10.8. The molecule has 0 aliphatic rings. The molecular weight excluding hydrogens is 216 g/mol. The van der Waals surface area contributed by atoms with Crippen molar-refractivity contribution in [3.63, 3.8) is 0 Å². The monoisotopic (exact) mass is 228 g/mol. The quantitative estimate of drug-likeness (QED) is 0.786. The first-order valence-corrected chi connectivity index (χ1v) is 6.16. The second-order valence-corrected chi connectivity index (χ2v) is 4.77. The Balaban J connectivity index is 2.46. The molecule has 0 aliphatic carbocycles. The van der Waals surface area contributed by atoms with Crippen molar-refractivity contribution in [1.29, 1.82) is 0 Å². The molecule has 0 radical (unpaired) electrons. The van der Waals surface area contributed by atoms with Crippen LogP contribution < -0.4 is 0 Å². The van der Waals surface area contributed by atoms with Gasteiger partial charge in [-0.2, -0.15) is 0 Å². The molecule has 1 unspecified atom stereocenters. The van der Waals surface area contributed by atoms with Crippen LogP contribution in [0.15, 0.2) is 71.0 Å². The van der Waals surface area contributed by atoms with E-state index in [1.54, 1.807) is 6.08 Å². The molecule has 0 amide bonds. The van der Waals surface area contributed by atoms with E-state index in [9.17, 15) is 4.21 Å². The lowest BCUT2D eigenvalue weighted by Gasteiger charge is -2.05.